The lowest BCUT2D eigenvalue weighted by Gasteiger charge is -2.36. The molecule has 2 atom stereocenters. The Balaban J connectivity index is 1.42. The first-order valence-electron chi connectivity index (χ1n) is 8.36. The van der Waals surface area contributed by atoms with Gasteiger partial charge in [-0.3, -0.25) is 4.90 Å². The number of carbonyl (C=O) groups is 1. The molecular weight excluding hydrogens is 266 g/mol. The van der Waals surface area contributed by atoms with Crippen molar-refractivity contribution in [2.75, 3.05) is 32.7 Å². The van der Waals surface area contributed by atoms with Gasteiger partial charge >= 0.3 is 6.09 Å². The maximum absolute atomic E-state index is 12.1. The molecule has 120 valence electrons. The fourth-order valence-electron chi connectivity index (χ4n) is 3.83. The molecule has 0 spiro atoms. The molecule has 1 amide bonds. The summed E-state index contributed by atoms with van der Waals surface area (Å²) in [5.74, 6) is 0.739. The maximum Gasteiger partial charge on any atom is 0.410 e. The second-order valence-electron chi connectivity index (χ2n) is 7.86. The Morgan fingerprint density at radius 3 is 2.52 bits per heavy atom. The van der Waals surface area contributed by atoms with Gasteiger partial charge in [0.05, 0.1) is 0 Å². The van der Waals surface area contributed by atoms with Crippen molar-refractivity contribution < 1.29 is 9.53 Å². The lowest BCUT2D eigenvalue weighted by molar-refractivity contribution is 0.0166. The van der Waals surface area contributed by atoms with Crippen LogP contribution >= 0.6 is 0 Å². The largest absolute Gasteiger partial charge is 0.444 e. The van der Waals surface area contributed by atoms with Gasteiger partial charge < -0.3 is 15.0 Å². The minimum absolute atomic E-state index is 0.148. The van der Waals surface area contributed by atoms with Crippen molar-refractivity contribution in [2.24, 2.45) is 5.92 Å². The van der Waals surface area contributed by atoms with E-state index in [-0.39, 0.29) is 6.09 Å². The second-order valence-corrected chi connectivity index (χ2v) is 7.86. The van der Waals surface area contributed by atoms with E-state index in [1.807, 2.05) is 25.7 Å². The highest BCUT2D eigenvalue weighted by molar-refractivity contribution is 5.68. The Bertz CT molecular complexity index is 385. The highest BCUT2D eigenvalue weighted by Gasteiger charge is 2.38. The molecule has 0 aliphatic carbocycles. The molecule has 3 saturated heterocycles. The van der Waals surface area contributed by atoms with E-state index in [1.165, 1.54) is 26.1 Å². The van der Waals surface area contributed by atoms with Gasteiger partial charge in [-0.25, -0.2) is 4.79 Å². The molecule has 2 bridgehead atoms. The third-order valence-corrected chi connectivity index (χ3v) is 4.93. The molecule has 3 rings (SSSR count). The molecule has 5 heteroatoms. The maximum atomic E-state index is 12.1. The van der Waals surface area contributed by atoms with E-state index in [4.69, 9.17) is 4.74 Å². The van der Waals surface area contributed by atoms with E-state index in [1.54, 1.807) is 0 Å². The summed E-state index contributed by atoms with van der Waals surface area (Å²) in [6, 6.07) is 1.50. The molecular formula is C16H29N3O2. The molecule has 3 aliphatic heterocycles. The average molecular weight is 295 g/mol. The summed E-state index contributed by atoms with van der Waals surface area (Å²) in [4.78, 5) is 16.6. The number of hydrogen-bond donors (Lipinski definition) is 1. The number of rotatable bonds is 2. The van der Waals surface area contributed by atoms with E-state index < -0.39 is 5.60 Å². The number of hydrogen-bond acceptors (Lipinski definition) is 4. The summed E-state index contributed by atoms with van der Waals surface area (Å²) in [6.45, 7) is 11.1. The molecule has 0 radical (unpaired) electrons. The second kappa shape index (κ2) is 5.76. The number of nitrogens with zero attached hydrogens (tertiary/aromatic N) is 2. The fraction of sp³-hybridized carbons (Fsp3) is 0.938. The van der Waals surface area contributed by atoms with Crippen molar-refractivity contribution >= 4 is 6.09 Å². The average Bonchev–Trinajstić information content (AvgIpc) is 3.00. The minimum Gasteiger partial charge on any atom is -0.444 e. The van der Waals surface area contributed by atoms with Crippen LogP contribution in [0.15, 0.2) is 0 Å². The quantitative estimate of drug-likeness (QED) is 0.842. The van der Waals surface area contributed by atoms with Gasteiger partial charge in [0.15, 0.2) is 0 Å². The highest BCUT2D eigenvalue weighted by atomic mass is 16.6. The summed E-state index contributed by atoms with van der Waals surface area (Å²) in [7, 11) is 0. The van der Waals surface area contributed by atoms with Crippen LogP contribution in [0.1, 0.15) is 40.0 Å². The van der Waals surface area contributed by atoms with Crippen LogP contribution in [0.3, 0.4) is 0 Å². The number of nitrogens with one attached hydrogen (secondary N) is 1. The number of ether oxygens (including phenoxy) is 1. The van der Waals surface area contributed by atoms with Crippen molar-refractivity contribution in [2.45, 2.75) is 57.7 Å². The third-order valence-electron chi connectivity index (χ3n) is 4.93. The van der Waals surface area contributed by atoms with Crippen molar-refractivity contribution in [1.29, 1.82) is 0 Å². The van der Waals surface area contributed by atoms with Crippen LogP contribution in [0.4, 0.5) is 4.79 Å². The number of amides is 1. The Morgan fingerprint density at radius 2 is 2.00 bits per heavy atom. The number of fused-ring (bicyclic) bond motifs is 2. The normalized spacial score (nSPS) is 30.9. The van der Waals surface area contributed by atoms with Crippen LogP contribution in [0.25, 0.3) is 0 Å². The first-order chi connectivity index (χ1) is 9.90. The van der Waals surface area contributed by atoms with E-state index in [0.717, 1.165) is 43.9 Å². The van der Waals surface area contributed by atoms with Crippen LogP contribution in [0.5, 0.6) is 0 Å². The minimum atomic E-state index is -0.393. The van der Waals surface area contributed by atoms with Crippen molar-refractivity contribution in [1.82, 2.24) is 15.1 Å². The van der Waals surface area contributed by atoms with Gasteiger partial charge in [0, 0.05) is 44.8 Å². The Morgan fingerprint density at radius 1 is 1.29 bits per heavy atom. The molecule has 5 nitrogen and oxygen atoms in total. The van der Waals surface area contributed by atoms with Gasteiger partial charge in [0.2, 0.25) is 0 Å². The topological polar surface area (TPSA) is 44.8 Å². The Kier molecular flexibility index (Phi) is 4.14. The molecule has 21 heavy (non-hydrogen) atoms. The molecule has 0 aromatic heterocycles. The van der Waals surface area contributed by atoms with Crippen LogP contribution in [-0.4, -0.2) is 66.3 Å². The molecule has 1 N–H and O–H groups in total. The smallest absolute Gasteiger partial charge is 0.410 e. The van der Waals surface area contributed by atoms with Crippen molar-refractivity contribution in [3.8, 4) is 0 Å². The third kappa shape index (κ3) is 3.69. The molecule has 3 heterocycles. The Labute approximate surface area is 128 Å². The van der Waals surface area contributed by atoms with Crippen molar-refractivity contribution in [3.63, 3.8) is 0 Å². The van der Waals surface area contributed by atoms with Gasteiger partial charge in [-0.15, -0.1) is 0 Å². The fourth-order valence-corrected chi connectivity index (χ4v) is 3.83. The van der Waals surface area contributed by atoms with Crippen molar-refractivity contribution in [3.05, 3.63) is 0 Å². The number of piperazine rings is 1. The number of likely N-dealkylation sites (tertiary alicyclic amines) is 2. The standard InChI is InChI=1S/C16H29N3O2/c1-16(2,3)21-15(20)18-6-4-12(5-7-18)10-19-11-13-8-14(19)9-17-13/h12-14,17H,4-11H2,1-3H3/t13-,14-/m1/s1. The molecule has 0 saturated carbocycles. The highest BCUT2D eigenvalue weighted by Crippen LogP contribution is 2.27. The molecule has 3 aliphatic rings. The van der Waals surface area contributed by atoms with Gasteiger partial charge in [0.25, 0.3) is 0 Å². The monoisotopic (exact) mass is 295 g/mol. The summed E-state index contributed by atoms with van der Waals surface area (Å²) in [5.41, 5.74) is -0.393. The van der Waals surface area contributed by atoms with E-state index >= 15 is 0 Å². The SMILES string of the molecule is CC(C)(C)OC(=O)N1CCC(CN2C[C@H]3C[C@@H]2CN3)CC1. The van der Waals surface area contributed by atoms with Gasteiger partial charge in [-0.1, -0.05) is 0 Å². The molecule has 0 aromatic carbocycles. The number of carbonyl (C=O) groups excluding carboxylic acids is 1. The van der Waals surface area contributed by atoms with E-state index in [0.29, 0.717) is 0 Å². The predicted octanol–water partition coefficient (Wildman–Crippen LogP) is 1.68. The molecule has 0 unspecified atom stereocenters. The first-order valence-corrected chi connectivity index (χ1v) is 8.36. The van der Waals surface area contributed by atoms with Crippen LogP contribution in [0, 0.1) is 5.92 Å². The van der Waals surface area contributed by atoms with Gasteiger partial charge in [-0.05, 0) is 46.0 Å². The summed E-state index contributed by atoms with van der Waals surface area (Å²) < 4.78 is 5.45. The van der Waals surface area contributed by atoms with Gasteiger partial charge in [-0.2, -0.15) is 0 Å². The van der Waals surface area contributed by atoms with E-state index in [2.05, 4.69) is 10.2 Å². The summed E-state index contributed by atoms with van der Waals surface area (Å²) in [5, 5.41) is 3.56. The summed E-state index contributed by atoms with van der Waals surface area (Å²) in [6.07, 6.45) is 3.41. The predicted molar refractivity (Wildman–Crippen MR) is 82.3 cm³/mol. The van der Waals surface area contributed by atoms with E-state index in [9.17, 15) is 4.79 Å². The van der Waals surface area contributed by atoms with Crippen LogP contribution in [0.2, 0.25) is 0 Å². The zero-order chi connectivity index (χ0) is 15.0. The first kappa shape index (κ1) is 15.1. The zero-order valence-electron chi connectivity index (χ0n) is 13.6. The number of piperidine rings is 1. The molecule has 3 fully saturated rings. The van der Waals surface area contributed by atoms with Crippen LogP contribution < -0.4 is 5.32 Å². The summed E-state index contributed by atoms with van der Waals surface area (Å²) >= 11 is 0. The lowest BCUT2D eigenvalue weighted by atomic mass is 9.96. The zero-order valence-corrected chi connectivity index (χ0v) is 13.6. The Hall–Kier alpha value is -0.810. The lowest BCUT2D eigenvalue weighted by Crippen LogP contribution is -2.48. The van der Waals surface area contributed by atoms with Crippen LogP contribution in [-0.2, 0) is 4.74 Å². The van der Waals surface area contributed by atoms with Gasteiger partial charge in [0.1, 0.15) is 5.60 Å². The molecule has 0 aromatic rings.